The molecule has 0 fully saturated rings. The van der Waals surface area contributed by atoms with Gasteiger partial charge < -0.3 is 14.2 Å². The number of hydrogen-bond acceptors (Lipinski definition) is 6. The average Bonchev–Trinajstić information content (AvgIpc) is 3.36. The summed E-state index contributed by atoms with van der Waals surface area (Å²) >= 11 is 0. The van der Waals surface area contributed by atoms with Gasteiger partial charge >= 0.3 is 17.9 Å². The normalized spacial score (nSPS) is 11.9. The van der Waals surface area contributed by atoms with Gasteiger partial charge in [-0.2, -0.15) is 0 Å². The van der Waals surface area contributed by atoms with E-state index in [9.17, 15) is 14.4 Å². The smallest absolute Gasteiger partial charge is 0.306 e. The predicted molar refractivity (Wildman–Crippen MR) is 303 cm³/mol. The molecule has 0 aromatic heterocycles. The zero-order valence-corrected chi connectivity index (χ0v) is 47.8. The molecular weight excluding hydrogens is 865 g/mol. The van der Waals surface area contributed by atoms with Gasteiger partial charge in [0.1, 0.15) is 13.2 Å². The summed E-state index contributed by atoms with van der Waals surface area (Å²) in [6.45, 7) is 6.72. The Kier molecular flexibility index (Phi) is 58.6. The minimum absolute atomic E-state index is 0.0607. The molecule has 0 aliphatic heterocycles. The minimum atomic E-state index is -0.761. The summed E-state index contributed by atoms with van der Waals surface area (Å²) in [6.07, 6.45) is 68.3. The van der Waals surface area contributed by atoms with Crippen LogP contribution in [-0.2, 0) is 28.6 Å². The van der Waals surface area contributed by atoms with Crippen molar-refractivity contribution in [3.8, 4) is 0 Å². The Hall–Kier alpha value is -1.59. The maximum absolute atomic E-state index is 12.9. The Labute approximate surface area is 438 Å². The lowest BCUT2D eigenvalue weighted by molar-refractivity contribution is -0.167. The van der Waals surface area contributed by atoms with Gasteiger partial charge in [0.25, 0.3) is 0 Å². The zero-order valence-electron chi connectivity index (χ0n) is 47.8. The molecule has 0 aliphatic rings. The molecule has 0 aromatic rings. The minimum Gasteiger partial charge on any atom is -0.462 e. The fourth-order valence-corrected chi connectivity index (χ4v) is 10.0. The molecule has 6 nitrogen and oxygen atoms in total. The second-order valence-electron chi connectivity index (χ2n) is 22.1. The molecule has 0 saturated carbocycles. The fourth-order valence-electron chi connectivity index (χ4n) is 10.0. The number of esters is 3. The third-order valence-corrected chi connectivity index (χ3v) is 14.9. The number of carbonyl (C=O) groups excluding carboxylic acids is 3. The standard InChI is InChI=1S/C64H124O6/c1-4-7-10-13-16-19-22-24-26-28-30-31-32-33-34-36-37-39-42-45-48-51-54-57-63(66)69-60-61(59-68-62(65)56-53-50-47-44-41-21-18-15-12-9-6-3)70-64(67)58-55-52-49-46-43-40-38-35-29-27-25-23-20-17-14-11-8-5-2/h61H,4-60H2,1-3H3. The molecule has 0 heterocycles. The van der Waals surface area contributed by atoms with Crippen LogP contribution in [-0.4, -0.2) is 37.2 Å². The highest BCUT2D eigenvalue weighted by atomic mass is 16.6. The summed E-state index contributed by atoms with van der Waals surface area (Å²) in [4.78, 5) is 38.2. The largest absolute Gasteiger partial charge is 0.462 e. The molecule has 0 aromatic carbocycles. The molecule has 0 rings (SSSR count). The predicted octanol–water partition coefficient (Wildman–Crippen LogP) is 21.5. The van der Waals surface area contributed by atoms with E-state index in [1.165, 1.54) is 276 Å². The van der Waals surface area contributed by atoms with Crippen LogP contribution in [0.1, 0.15) is 374 Å². The monoisotopic (exact) mass is 989 g/mol. The Balaban J connectivity index is 4.18. The van der Waals surface area contributed by atoms with Crippen molar-refractivity contribution in [3.63, 3.8) is 0 Å². The highest BCUT2D eigenvalue weighted by molar-refractivity contribution is 5.71. The Morgan fingerprint density at radius 2 is 0.386 bits per heavy atom. The Morgan fingerprint density at radius 3 is 0.571 bits per heavy atom. The lowest BCUT2D eigenvalue weighted by atomic mass is 10.0. The van der Waals surface area contributed by atoms with Gasteiger partial charge in [-0.15, -0.1) is 0 Å². The van der Waals surface area contributed by atoms with Crippen LogP contribution in [0.5, 0.6) is 0 Å². The summed E-state index contributed by atoms with van der Waals surface area (Å²) in [6, 6.07) is 0. The fraction of sp³-hybridized carbons (Fsp3) is 0.953. The van der Waals surface area contributed by atoms with Crippen LogP contribution in [0.2, 0.25) is 0 Å². The van der Waals surface area contributed by atoms with Crippen molar-refractivity contribution in [1.82, 2.24) is 0 Å². The molecule has 416 valence electrons. The lowest BCUT2D eigenvalue weighted by Gasteiger charge is -2.18. The van der Waals surface area contributed by atoms with Crippen LogP contribution in [0.3, 0.4) is 0 Å². The second-order valence-corrected chi connectivity index (χ2v) is 22.1. The Morgan fingerprint density at radius 1 is 0.229 bits per heavy atom. The SMILES string of the molecule is CCCCCCCCCCCCCCCCCCCCCCCCCC(=O)OCC(COC(=O)CCCCCCCCCCCCC)OC(=O)CCCCCCCCCCCCCCCCCCCC. The van der Waals surface area contributed by atoms with E-state index in [-0.39, 0.29) is 31.1 Å². The van der Waals surface area contributed by atoms with Crippen LogP contribution < -0.4 is 0 Å². The summed E-state index contributed by atoms with van der Waals surface area (Å²) in [7, 11) is 0. The van der Waals surface area contributed by atoms with Crippen LogP contribution in [0.4, 0.5) is 0 Å². The molecule has 0 aliphatic carbocycles. The van der Waals surface area contributed by atoms with Gasteiger partial charge in [0.15, 0.2) is 6.10 Å². The average molecular weight is 990 g/mol. The van der Waals surface area contributed by atoms with Crippen LogP contribution in [0.25, 0.3) is 0 Å². The summed E-state index contributed by atoms with van der Waals surface area (Å²) < 4.78 is 16.9. The van der Waals surface area contributed by atoms with E-state index in [1.807, 2.05) is 0 Å². The van der Waals surface area contributed by atoms with Crippen LogP contribution in [0.15, 0.2) is 0 Å². The molecule has 6 heteroatoms. The van der Waals surface area contributed by atoms with Crippen LogP contribution in [0, 0.1) is 0 Å². The van der Waals surface area contributed by atoms with Gasteiger partial charge in [-0.05, 0) is 19.3 Å². The number of hydrogen-bond donors (Lipinski definition) is 0. The molecule has 0 N–H and O–H groups in total. The van der Waals surface area contributed by atoms with Gasteiger partial charge in [-0.1, -0.05) is 335 Å². The maximum atomic E-state index is 12.9. The quantitative estimate of drug-likeness (QED) is 0.0343. The van der Waals surface area contributed by atoms with Crippen molar-refractivity contribution < 1.29 is 28.6 Å². The molecule has 1 unspecified atom stereocenters. The summed E-state index contributed by atoms with van der Waals surface area (Å²) in [5.74, 6) is -0.828. The van der Waals surface area contributed by atoms with E-state index in [0.717, 1.165) is 57.8 Å². The lowest BCUT2D eigenvalue weighted by Crippen LogP contribution is -2.30. The van der Waals surface area contributed by atoms with E-state index >= 15 is 0 Å². The molecule has 0 amide bonds. The maximum Gasteiger partial charge on any atom is 0.306 e. The second kappa shape index (κ2) is 60.0. The van der Waals surface area contributed by atoms with Crippen molar-refractivity contribution in [2.45, 2.75) is 380 Å². The number of ether oxygens (including phenoxy) is 3. The van der Waals surface area contributed by atoms with Gasteiger partial charge in [-0.25, -0.2) is 0 Å². The van der Waals surface area contributed by atoms with E-state index in [2.05, 4.69) is 20.8 Å². The first kappa shape index (κ1) is 68.4. The number of unbranched alkanes of at least 4 members (excludes halogenated alkanes) is 49. The van der Waals surface area contributed by atoms with Crippen molar-refractivity contribution >= 4 is 17.9 Å². The van der Waals surface area contributed by atoms with E-state index in [0.29, 0.717) is 19.3 Å². The topological polar surface area (TPSA) is 78.9 Å². The first-order chi connectivity index (χ1) is 34.5. The molecular formula is C64H124O6. The van der Waals surface area contributed by atoms with Gasteiger partial charge in [0.2, 0.25) is 0 Å². The highest BCUT2D eigenvalue weighted by Crippen LogP contribution is 2.19. The molecule has 0 bridgehead atoms. The summed E-state index contributed by atoms with van der Waals surface area (Å²) in [5.41, 5.74) is 0. The van der Waals surface area contributed by atoms with Crippen molar-refractivity contribution in [2.24, 2.45) is 0 Å². The third kappa shape index (κ3) is 57.3. The molecule has 0 radical (unpaired) electrons. The Bertz CT molecular complexity index is 1040. The van der Waals surface area contributed by atoms with Crippen LogP contribution >= 0.6 is 0 Å². The van der Waals surface area contributed by atoms with Gasteiger partial charge in [0, 0.05) is 19.3 Å². The first-order valence-electron chi connectivity index (χ1n) is 32.0. The number of rotatable bonds is 60. The van der Waals surface area contributed by atoms with E-state index in [4.69, 9.17) is 14.2 Å². The molecule has 1 atom stereocenters. The number of carbonyl (C=O) groups is 3. The summed E-state index contributed by atoms with van der Waals surface area (Å²) in [5, 5.41) is 0. The van der Waals surface area contributed by atoms with Crippen molar-refractivity contribution in [3.05, 3.63) is 0 Å². The molecule has 70 heavy (non-hydrogen) atoms. The van der Waals surface area contributed by atoms with E-state index in [1.54, 1.807) is 0 Å². The van der Waals surface area contributed by atoms with Gasteiger partial charge in [-0.3, -0.25) is 14.4 Å². The first-order valence-corrected chi connectivity index (χ1v) is 32.0. The van der Waals surface area contributed by atoms with Crippen molar-refractivity contribution in [1.29, 1.82) is 0 Å². The third-order valence-electron chi connectivity index (χ3n) is 14.9. The van der Waals surface area contributed by atoms with Crippen molar-refractivity contribution in [2.75, 3.05) is 13.2 Å². The zero-order chi connectivity index (χ0) is 50.7. The molecule has 0 saturated heterocycles. The van der Waals surface area contributed by atoms with E-state index < -0.39 is 6.10 Å². The van der Waals surface area contributed by atoms with Gasteiger partial charge in [0.05, 0.1) is 0 Å². The molecule has 0 spiro atoms. The highest BCUT2D eigenvalue weighted by Gasteiger charge is 2.19.